The minimum Gasteiger partial charge on any atom is -0.319 e. The lowest BCUT2D eigenvalue weighted by Crippen LogP contribution is -2.41. The minimum absolute atomic E-state index is 0.209. The summed E-state index contributed by atoms with van der Waals surface area (Å²) in [6.45, 7) is 0. The first-order chi connectivity index (χ1) is 11.5. The fourth-order valence-corrected chi connectivity index (χ4v) is 3.87. The van der Waals surface area contributed by atoms with E-state index in [0.29, 0.717) is 4.88 Å². The molecule has 0 aromatic carbocycles. The number of rotatable bonds is 2. The Morgan fingerprint density at radius 1 is 1.08 bits per heavy atom. The van der Waals surface area contributed by atoms with Crippen LogP contribution in [0.3, 0.4) is 0 Å². The number of thiophene rings is 1. The molecule has 24 heavy (non-hydrogen) atoms. The predicted octanol–water partition coefficient (Wildman–Crippen LogP) is 1.79. The summed E-state index contributed by atoms with van der Waals surface area (Å²) in [6.07, 6.45) is 7.09. The molecule has 6 nitrogen and oxygen atoms in total. The largest absolute Gasteiger partial charge is 0.319 e. The third kappa shape index (κ3) is 3.56. The summed E-state index contributed by atoms with van der Waals surface area (Å²) in [4.78, 5) is 37.7. The maximum atomic E-state index is 12.2. The van der Waals surface area contributed by atoms with E-state index in [-0.39, 0.29) is 17.0 Å². The van der Waals surface area contributed by atoms with Gasteiger partial charge in [0.05, 0.1) is 4.88 Å². The molecule has 0 bridgehead atoms. The Hall–Kier alpha value is -2.41. The zero-order valence-electron chi connectivity index (χ0n) is 13.4. The second kappa shape index (κ2) is 7.00. The molecule has 2 N–H and O–H groups in total. The van der Waals surface area contributed by atoms with Crippen LogP contribution in [0, 0.1) is 0 Å². The molecule has 0 aliphatic heterocycles. The molecular weight excluding hydrogens is 326 g/mol. The van der Waals surface area contributed by atoms with Crippen molar-refractivity contribution in [1.29, 1.82) is 0 Å². The Morgan fingerprint density at radius 3 is 2.62 bits per heavy atom. The first-order valence-electron chi connectivity index (χ1n) is 7.93. The van der Waals surface area contributed by atoms with Crippen LogP contribution in [0.5, 0.6) is 0 Å². The molecule has 2 heterocycles. The zero-order chi connectivity index (χ0) is 17.1. The highest BCUT2D eigenvalue weighted by Gasteiger charge is 2.17. The van der Waals surface area contributed by atoms with Crippen LogP contribution in [0.1, 0.15) is 49.7 Å². The molecule has 0 unspecified atom stereocenters. The lowest BCUT2D eigenvalue weighted by Gasteiger charge is -2.06. The fourth-order valence-electron chi connectivity index (χ4n) is 2.72. The van der Waals surface area contributed by atoms with Gasteiger partial charge < -0.3 is 4.57 Å². The summed E-state index contributed by atoms with van der Waals surface area (Å²) in [6, 6.07) is 4.68. The molecule has 0 radical (unpaired) electrons. The molecule has 7 heteroatoms. The van der Waals surface area contributed by atoms with Gasteiger partial charge in [0.15, 0.2) is 0 Å². The third-order valence-electron chi connectivity index (χ3n) is 4.13. The lowest BCUT2D eigenvalue weighted by atomic mass is 10.1. The number of nitrogens with one attached hydrogen (secondary N) is 2. The van der Waals surface area contributed by atoms with Crippen molar-refractivity contribution in [1.82, 2.24) is 15.4 Å². The van der Waals surface area contributed by atoms with E-state index in [2.05, 4.69) is 10.9 Å². The summed E-state index contributed by atoms with van der Waals surface area (Å²) < 4.78 is 1.37. The molecule has 2 aromatic heterocycles. The highest BCUT2D eigenvalue weighted by atomic mass is 32.1. The number of nitrogens with zero attached hydrogens (tertiary/aromatic N) is 1. The topological polar surface area (TPSA) is 80.2 Å². The van der Waals surface area contributed by atoms with Crippen LogP contribution in [0.4, 0.5) is 0 Å². The Kier molecular flexibility index (Phi) is 4.80. The minimum atomic E-state index is -0.515. The number of hydrogen-bond donors (Lipinski definition) is 2. The molecule has 1 aliphatic rings. The molecule has 2 amide bonds. The average molecular weight is 345 g/mol. The van der Waals surface area contributed by atoms with Crippen LogP contribution >= 0.6 is 11.3 Å². The zero-order valence-corrected chi connectivity index (χ0v) is 14.2. The molecule has 2 aromatic rings. The van der Waals surface area contributed by atoms with E-state index in [9.17, 15) is 14.4 Å². The van der Waals surface area contributed by atoms with E-state index in [0.717, 1.165) is 25.7 Å². The standard InChI is InChI=1S/C17H19N3O3S/c1-20-8-7-12(10-15(20)21)16(22)18-19-17(23)14-9-11-5-3-2-4-6-13(11)24-14/h7-10H,2-6H2,1H3,(H,18,22)(H,19,23). The third-order valence-corrected chi connectivity index (χ3v) is 5.36. The van der Waals surface area contributed by atoms with Crippen LogP contribution < -0.4 is 16.4 Å². The van der Waals surface area contributed by atoms with E-state index in [1.807, 2.05) is 6.07 Å². The van der Waals surface area contributed by atoms with Gasteiger partial charge in [-0.15, -0.1) is 11.3 Å². The van der Waals surface area contributed by atoms with Crippen molar-refractivity contribution in [3.8, 4) is 0 Å². The van der Waals surface area contributed by atoms with Crippen LogP contribution in [-0.4, -0.2) is 16.4 Å². The normalized spacial score (nSPS) is 13.7. The molecule has 0 fully saturated rings. The van der Waals surface area contributed by atoms with Crippen molar-refractivity contribution in [2.75, 3.05) is 0 Å². The van der Waals surface area contributed by atoms with Crippen molar-refractivity contribution in [3.05, 3.63) is 55.6 Å². The Bertz CT molecular complexity index is 814. The van der Waals surface area contributed by atoms with E-state index in [1.54, 1.807) is 7.05 Å². The van der Waals surface area contributed by atoms with Gasteiger partial charge >= 0.3 is 0 Å². The fraction of sp³-hybridized carbons (Fsp3) is 0.353. The maximum absolute atomic E-state index is 12.2. The smallest absolute Gasteiger partial charge is 0.279 e. The monoisotopic (exact) mass is 345 g/mol. The Labute approximate surface area is 143 Å². The van der Waals surface area contributed by atoms with Crippen LogP contribution in [0.15, 0.2) is 29.2 Å². The van der Waals surface area contributed by atoms with Crippen molar-refractivity contribution in [2.45, 2.75) is 32.1 Å². The Balaban J connectivity index is 1.64. The van der Waals surface area contributed by atoms with Crippen molar-refractivity contribution >= 4 is 23.2 Å². The molecule has 0 saturated carbocycles. The quantitative estimate of drug-likeness (QED) is 0.643. The number of aryl methyl sites for hydroxylation is 3. The molecular formula is C17H19N3O3S. The van der Waals surface area contributed by atoms with E-state index >= 15 is 0 Å². The number of hydrogen-bond acceptors (Lipinski definition) is 4. The first-order valence-corrected chi connectivity index (χ1v) is 8.75. The highest BCUT2D eigenvalue weighted by Crippen LogP contribution is 2.28. The maximum Gasteiger partial charge on any atom is 0.279 e. The lowest BCUT2D eigenvalue weighted by molar-refractivity contribution is 0.0848. The molecule has 1 aliphatic carbocycles. The Morgan fingerprint density at radius 2 is 1.83 bits per heavy atom. The van der Waals surface area contributed by atoms with E-state index in [1.165, 1.54) is 51.1 Å². The van der Waals surface area contributed by atoms with Gasteiger partial charge in [0, 0.05) is 29.8 Å². The summed E-state index contributed by atoms with van der Waals surface area (Å²) in [5, 5.41) is 0. The summed E-state index contributed by atoms with van der Waals surface area (Å²) in [5.74, 6) is -0.843. The number of carbonyl (C=O) groups is 2. The number of aromatic nitrogens is 1. The van der Waals surface area contributed by atoms with Crippen LogP contribution in [-0.2, 0) is 19.9 Å². The number of fused-ring (bicyclic) bond motifs is 1. The van der Waals surface area contributed by atoms with E-state index in [4.69, 9.17) is 0 Å². The second-order valence-electron chi connectivity index (χ2n) is 5.89. The van der Waals surface area contributed by atoms with Crippen molar-refractivity contribution in [2.24, 2.45) is 7.05 Å². The molecule has 0 saturated heterocycles. The van der Waals surface area contributed by atoms with Gasteiger partial charge in [-0.25, -0.2) is 0 Å². The summed E-state index contributed by atoms with van der Waals surface area (Å²) in [5.41, 5.74) is 5.95. The second-order valence-corrected chi connectivity index (χ2v) is 7.03. The van der Waals surface area contributed by atoms with Crippen molar-refractivity contribution < 1.29 is 9.59 Å². The summed E-state index contributed by atoms with van der Waals surface area (Å²) in [7, 11) is 1.60. The summed E-state index contributed by atoms with van der Waals surface area (Å²) >= 11 is 1.49. The number of amides is 2. The van der Waals surface area contributed by atoms with Gasteiger partial charge in [-0.1, -0.05) is 6.42 Å². The van der Waals surface area contributed by atoms with Gasteiger partial charge in [0.2, 0.25) is 0 Å². The highest BCUT2D eigenvalue weighted by molar-refractivity contribution is 7.14. The van der Waals surface area contributed by atoms with Gasteiger partial charge in [0.25, 0.3) is 17.4 Å². The van der Waals surface area contributed by atoms with Crippen LogP contribution in [0.2, 0.25) is 0 Å². The van der Waals surface area contributed by atoms with Gasteiger partial charge in [-0.05, 0) is 43.4 Å². The SMILES string of the molecule is Cn1ccc(C(=O)NNC(=O)c2cc3c(s2)CCCCC3)cc1=O. The van der Waals surface area contributed by atoms with Crippen LogP contribution in [0.25, 0.3) is 0 Å². The molecule has 3 rings (SSSR count). The average Bonchev–Trinajstić information content (AvgIpc) is 2.85. The van der Waals surface area contributed by atoms with Gasteiger partial charge in [0.1, 0.15) is 0 Å². The van der Waals surface area contributed by atoms with Gasteiger partial charge in [-0.3, -0.25) is 25.2 Å². The van der Waals surface area contributed by atoms with Gasteiger partial charge in [-0.2, -0.15) is 0 Å². The first kappa shape index (κ1) is 16.4. The predicted molar refractivity (Wildman–Crippen MR) is 92.2 cm³/mol. The molecule has 0 spiro atoms. The van der Waals surface area contributed by atoms with E-state index < -0.39 is 5.91 Å². The number of hydrazine groups is 1. The van der Waals surface area contributed by atoms with Crippen molar-refractivity contribution in [3.63, 3.8) is 0 Å². The molecule has 126 valence electrons. The number of carbonyl (C=O) groups excluding carboxylic acids is 2. The molecule has 0 atom stereocenters. The number of pyridine rings is 1.